The Bertz CT molecular complexity index is 955. The number of aromatic nitrogens is 2. The van der Waals surface area contributed by atoms with Gasteiger partial charge < -0.3 is 20.1 Å². The summed E-state index contributed by atoms with van der Waals surface area (Å²) in [5.74, 6) is 2.31. The molecule has 2 N–H and O–H groups in total. The second kappa shape index (κ2) is 9.14. The number of rotatable bonds is 6. The van der Waals surface area contributed by atoms with Gasteiger partial charge in [0.1, 0.15) is 12.7 Å². The Morgan fingerprint density at radius 1 is 1.10 bits per heavy atom. The maximum atomic E-state index is 5.96. The SMILES string of the molecule is CN=C(NCCc1cnn(-c2ccccc2)c1)NCC1COc2ccccc2O1. The van der Waals surface area contributed by atoms with Crippen LogP contribution in [0.3, 0.4) is 0 Å². The minimum Gasteiger partial charge on any atom is -0.486 e. The summed E-state index contributed by atoms with van der Waals surface area (Å²) in [6.45, 7) is 1.88. The minimum atomic E-state index is -0.0624. The molecule has 0 radical (unpaired) electrons. The standard InChI is InChI=1S/C22H25N5O2/c1-23-22(25-14-19-16-28-20-9-5-6-10-21(20)29-19)24-12-11-17-13-26-27(15-17)18-7-3-2-4-8-18/h2-10,13,15,19H,11-12,14,16H2,1H3,(H2,23,24,25). The lowest BCUT2D eigenvalue weighted by Crippen LogP contribution is -2.45. The van der Waals surface area contributed by atoms with Gasteiger partial charge in [0, 0.05) is 19.8 Å². The molecule has 4 rings (SSSR count). The molecule has 1 unspecified atom stereocenters. The van der Waals surface area contributed by atoms with Gasteiger partial charge in [-0.3, -0.25) is 4.99 Å². The molecule has 1 atom stereocenters. The van der Waals surface area contributed by atoms with Crippen molar-refractivity contribution in [2.75, 3.05) is 26.7 Å². The Hall–Kier alpha value is -3.48. The first-order chi connectivity index (χ1) is 14.3. The molecule has 2 aromatic carbocycles. The van der Waals surface area contributed by atoms with E-state index in [0.29, 0.717) is 13.2 Å². The quantitative estimate of drug-likeness (QED) is 0.499. The summed E-state index contributed by atoms with van der Waals surface area (Å²) in [7, 11) is 1.76. The summed E-state index contributed by atoms with van der Waals surface area (Å²) in [4.78, 5) is 4.28. The van der Waals surface area contributed by atoms with Gasteiger partial charge in [0.05, 0.1) is 18.4 Å². The Labute approximate surface area is 170 Å². The molecule has 7 nitrogen and oxygen atoms in total. The van der Waals surface area contributed by atoms with Crippen molar-refractivity contribution in [3.8, 4) is 17.2 Å². The zero-order valence-corrected chi connectivity index (χ0v) is 16.4. The van der Waals surface area contributed by atoms with Crippen molar-refractivity contribution in [1.29, 1.82) is 0 Å². The predicted molar refractivity (Wildman–Crippen MR) is 113 cm³/mol. The fraction of sp³-hybridized carbons (Fsp3) is 0.273. The average Bonchev–Trinajstić information content (AvgIpc) is 3.25. The highest BCUT2D eigenvalue weighted by atomic mass is 16.6. The second-order valence-electron chi connectivity index (χ2n) is 6.76. The molecule has 0 bridgehead atoms. The molecule has 0 amide bonds. The molecule has 150 valence electrons. The second-order valence-corrected chi connectivity index (χ2v) is 6.76. The number of ether oxygens (including phenoxy) is 2. The molecule has 0 aliphatic carbocycles. The molecule has 0 spiro atoms. The summed E-state index contributed by atoms with van der Waals surface area (Å²) in [6.07, 6.45) is 4.74. The third-order valence-corrected chi connectivity index (χ3v) is 4.65. The summed E-state index contributed by atoms with van der Waals surface area (Å²) in [5, 5.41) is 11.1. The maximum absolute atomic E-state index is 5.96. The van der Waals surface area contributed by atoms with Crippen LogP contribution >= 0.6 is 0 Å². The van der Waals surface area contributed by atoms with Gasteiger partial charge in [-0.05, 0) is 36.2 Å². The van der Waals surface area contributed by atoms with E-state index in [1.165, 1.54) is 0 Å². The number of benzene rings is 2. The lowest BCUT2D eigenvalue weighted by molar-refractivity contribution is 0.0936. The van der Waals surface area contributed by atoms with E-state index < -0.39 is 0 Å². The fourth-order valence-electron chi connectivity index (χ4n) is 3.13. The lowest BCUT2D eigenvalue weighted by Gasteiger charge is -2.27. The zero-order chi connectivity index (χ0) is 19.9. The van der Waals surface area contributed by atoms with Crippen molar-refractivity contribution in [1.82, 2.24) is 20.4 Å². The smallest absolute Gasteiger partial charge is 0.191 e. The van der Waals surface area contributed by atoms with Gasteiger partial charge in [-0.2, -0.15) is 5.10 Å². The molecule has 1 aliphatic heterocycles. The van der Waals surface area contributed by atoms with Crippen LogP contribution in [0, 0.1) is 0 Å². The van der Waals surface area contributed by atoms with Crippen molar-refractivity contribution in [3.63, 3.8) is 0 Å². The van der Waals surface area contributed by atoms with Crippen LogP contribution in [0.5, 0.6) is 11.5 Å². The van der Waals surface area contributed by atoms with Crippen molar-refractivity contribution in [3.05, 3.63) is 72.6 Å². The lowest BCUT2D eigenvalue weighted by atomic mass is 10.2. The van der Waals surface area contributed by atoms with Crippen molar-refractivity contribution in [2.24, 2.45) is 4.99 Å². The summed E-state index contributed by atoms with van der Waals surface area (Å²) in [6, 6.07) is 17.8. The van der Waals surface area contributed by atoms with Crippen molar-refractivity contribution in [2.45, 2.75) is 12.5 Å². The van der Waals surface area contributed by atoms with Gasteiger partial charge in [0.15, 0.2) is 17.5 Å². The average molecular weight is 391 g/mol. The van der Waals surface area contributed by atoms with Crippen molar-refractivity contribution >= 4 is 5.96 Å². The van der Waals surface area contributed by atoms with E-state index in [2.05, 4.69) is 26.9 Å². The molecule has 7 heteroatoms. The Morgan fingerprint density at radius 3 is 2.72 bits per heavy atom. The van der Waals surface area contributed by atoms with Crippen LogP contribution < -0.4 is 20.1 Å². The molecular formula is C22H25N5O2. The van der Waals surface area contributed by atoms with Crippen LogP contribution in [0.2, 0.25) is 0 Å². The summed E-state index contributed by atoms with van der Waals surface area (Å²) < 4.78 is 13.6. The number of guanidine groups is 1. The van der Waals surface area contributed by atoms with Gasteiger partial charge >= 0.3 is 0 Å². The monoisotopic (exact) mass is 391 g/mol. The molecule has 0 fully saturated rings. The molecule has 0 saturated carbocycles. The van der Waals surface area contributed by atoms with E-state index >= 15 is 0 Å². The molecule has 29 heavy (non-hydrogen) atoms. The van der Waals surface area contributed by atoms with Gasteiger partial charge in [-0.1, -0.05) is 30.3 Å². The summed E-state index contributed by atoms with van der Waals surface area (Å²) >= 11 is 0. The Morgan fingerprint density at radius 2 is 1.90 bits per heavy atom. The van der Waals surface area contributed by atoms with E-state index in [-0.39, 0.29) is 6.10 Å². The van der Waals surface area contributed by atoms with E-state index in [1.54, 1.807) is 7.05 Å². The number of para-hydroxylation sites is 3. The highest BCUT2D eigenvalue weighted by Crippen LogP contribution is 2.30. The fourth-order valence-corrected chi connectivity index (χ4v) is 3.13. The Kier molecular flexibility index (Phi) is 5.95. The molecular weight excluding hydrogens is 366 g/mol. The zero-order valence-electron chi connectivity index (χ0n) is 16.4. The first-order valence-electron chi connectivity index (χ1n) is 9.74. The molecule has 1 aromatic heterocycles. The number of hydrogen-bond acceptors (Lipinski definition) is 4. The normalized spacial score (nSPS) is 15.8. The maximum Gasteiger partial charge on any atom is 0.191 e. The minimum absolute atomic E-state index is 0.0624. The van der Waals surface area contributed by atoms with E-state index in [0.717, 1.165) is 41.7 Å². The number of aliphatic imine (C=N–C) groups is 1. The van der Waals surface area contributed by atoms with Crippen molar-refractivity contribution < 1.29 is 9.47 Å². The van der Waals surface area contributed by atoms with Gasteiger partial charge in [0.25, 0.3) is 0 Å². The van der Waals surface area contributed by atoms with E-state index in [1.807, 2.05) is 65.5 Å². The molecule has 1 aliphatic rings. The van der Waals surface area contributed by atoms with Crippen LogP contribution in [0.4, 0.5) is 0 Å². The number of nitrogens with one attached hydrogen (secondary N) is 2. The van der Waals surface area contributed by atoms with Gasteiger partial charge in [-0.15, -0.1) is 0 Å². The summed E-state index contributed by atoms with van der Waals surface area (Å²) in [5.41, 5.74) is 2.22. The largest absolute Gasteiger partial charge is 0.486 e. The van der Waals surface area contributed by atoms with Crippen LogP contribution in [-0.4, -0.2) is 48.6 Å². The number of fused-ring (bicyclic) bond motifs is 1. The molecule has 3 aromatic rings. The highest BCUT2D eigenvalue weighted by molar-refractivity contribution is 5.79. The molecule has 0 saturated heterocycles. The van der Waals surface area contributed by atoms with Gasteiger partial charge in [-0.25, -0.2) is 4.68 Å². The van der Waals surface area contributed by atoms with E-state index in [4.69, 9.17) is 9.47 Å². The van der Waals surface area contributed by atoms with Crippen LogP contribution in [0.15, 0.2) is 72.0 Å². The first-order valence-corrected chi connectivity index (χ1v) is 9.74. The van der Waals surface area contributed by atoms with E-state index in [9.17, 15) is 0 Å². The van der Waals surface area contributed by atoms with Crippen LogP contribution in [0.25, 0.3) is 5.69 Å². The van der Waals surface area contributed by atoms with Gasteiger partial charge in [0.2, 0.25) is 0 Å². The topological polar surface area (TPSA) is 72.7 Å². The predicted octanol–water partition coefficient (Wildman–Crippen LogP) is 2.42. The number of nitrogens with zero attached hydrogens (tertiary/aromatic N) is 3. The third-order valence-electron chi connectivity index (χ3n) is 4.65. The third kappa shape index (κ3) is 4.87. The Balaban J connectivity index is 1.22. The molecule has 2 heterocycles. The number of hydrogen-bond donors (Lipinski definition) is 2. The van der Waals surface area contributed by atoms with Crippen LogP contribution in [0.1, 0.15) is 5.56 Å². The first kappa shape index (κ1) is 18.9. The highest BCUT2D eigenvalue weighted by Gasteiger charge is 2.20. The van der Waals surface area contributed by atoms with Crippen LogP contribution in [-0.2, 0) is 6.42 Å².